The number of rotatable bonds is 9. The van der Waals surface area contributed by atoms with Crippen molar-refractivity contribution in [2.45, 2.75) is 24.7 Å². The van der Waals surface area contributed by atoms with Gasteiger partial charge in [0.15, 0.2) is 12.4 Å². The summed E-state index contributed by atoms with van der Waals surface area (Å²) in [6.45, 7) is 2.18. The normalized spacial score (nSPS) is 14.7. The fraction of sp³-hybridized carbons (Fsp3) is 0.381. The standard InChI is InChI=1S/C21H24N2O6S3/c1-2-3-19(25)22-16-6-4-15(5-7-16)17(24)14-29-21(26)20-18(8-11-31-20)32(27,28)23-9-12-30-13-10-23/h4-8,11H,2-3,9-10,12-14H2,1H3,(H,22,25). The monoisotopic (exact) mass is 496 g/mol. The zero-order chi connectivity index (χ0) is 23.1. The minimum Gasteiger partial charge on any atom is -0.453 e. The summed E-state index contributed by atoms with van der Waals surface area (Å²) in [5.74, 6) is 0.0309. The van der Waals surface area contributed by atoms with Crippen molar-refractivity contribution in [1.29, 1.82) is 0 Å². The molecule has 0 spiro atoms. The van der Waals surface area contributed by atoms with Crippen LogP contribution in [0.4, 0.5) is 5.69 Å². The number of hydrogen-bond donors (Lipinski definition) is 1. The number of carbonyl (C=O) groups is 3. The Morgan fingerprint density at radius 3 is 2.44 bits per heavy atom. The minimum absolute atomic E-state index is 0.0370. The topological polar surface area (TPSA) is 110 Å². The number of anilines is 1. The lowest BCUT2D eigenvalue weighted by atomic mass is 10.1. The Kier molecular flexibility index (Phi) is 8.46. The number of benzene rings is 1. The second kappa shape index (κ2) is 11.1. The van der Waals surface area contributed by atoms with Crippen LogP contribution in [0.1, 0.15) is 39.8 Å². The SMILES string of the molecule is CCCC(=O)Nc1ccc(C(=O)COC(=O)c2sccc2S(=O)(=O)N2CCSCC2)cc1. The first-order valence-electron chi connectivity index (χ1n) is 10.1. The van der Waals surface area contributed by atoms with E-state index in [1.54, 1.807) is 23.9 Å². The number of nitrogens with one attached hydrogen (secondary N) is 1. The molecule has 3 rings (SSSR count). The van der Waals surface area contributed by atoms with Crippen LogP contribution in [-0.2, 0) is 19.6 Å². The zero-order valence-electron chi connectivity index (χ0n) is 17.5. The first kappa shape index (κ1) is 24.4. The van der Waals surface area contributed by atoms with E-state index in [1.165, 1.54) is 27.9 Å². The third-order valence-electron chi connectivity index (χ3n) is 4.70. The van der Waals surface area contributed by atoms with Gasteiger partial charge in [0.2, 0.25) is 15.9 Å². The Morgan fingerprint density at radius 2 is 1.78 bits per heavy atom. The summed E-state index contributed by atoms with van der Waals surface area (Å²) >= 11 is 2.65. The molecule has 2 heterocycles. The number of ether oxygens (including phenoxy) is 1. The molecule has 32 heavy (non-hydrogen) atoms. The Bertz CT molecular complexity index is 1070. The van der Waals surface area contributed by atoms with Gasteiger partial charge in [-0.1, -0.05) is 6.92 Å². The smallest absolute Gasteiger partial charge is 0.350 e. The highest BCUT2D eigenvalue weighted by Crippen LogP contribution is 2.27. The first-order chi connectivity index (χ1) is 15.3. The van der Waals surface area contributed by atoms with Crippen LogP contribution < -0.4 is 5.32 Å². The van der Waals surface area contributed by atoms with E-state index in [-0.39, 0.29) is 15.7 Å². The van der Waals surface area contributed by atoms with Crippen LogP contribution in [0.25, 0.3) is 0 Å². The van der Waals surface area contributed by atoms with E-state index in [4.69, 9.17) is 4.74 Å². The summed E-state index contributed by atoms with van der Waals surface area (Å²) in [5.41, 5.74) is 0.887. The lowest BCUT2D eigenvalue weighted by Gasteiger charge is -2.25. The second-order valence-electron chi connectivity index (χ2n) is 7.01. The van der Waals surface area contributed by atoms with Gasteiger partial charge in [0.05, 0.1) is 0 Å². The van der Waals surface area contributed by atoms with Crippen LogP contribution in [-0.4, -0.2) is 61.6 Å². The van der Waals surface area contributed by atoms with Crippen LogP contribution in [0.2, 0.25) is 0 Å². The van der Waals surface area contributed by atoms with E-state index in [1.807, 2.05) is 6.92 Å². The van der Waals surface area contributed by atoms with Crippen LogP contribution in [0.3, 0.4) is 0 Å². The van der Waals surface area contributed by atoms with Gasteiger partial charge in [-0.3, -0.25) is 9.59 Å². The molecule has 2 aromatic rings. The maximum absolute atomic E-state index is 12.9. The lowest BCUT2D eigenvalue weighted by molar-refractivity contribution is -0.116. The van der Waals surface area contributed by atoms with E-state index in [9.17, 15) is 22.8 Å². The van der Waals surface area contributed by atoms with Gasteiger partial charge in [-0.25, -0.2) is 13.2 Å². The maximum Gasteiger partial charge on any atom is 0.350 e. The molecule has 0 saturated carbocycles. The number of amides is 1. The van der Waals surface area contributed by atoms with Gasteiger partial charge in [-0.2, -0.15) is 16.1 Å². The third-order valence-corrected chi connectivity index (χ3v) is 8.61. The Balaban J connectivity index is 1.61. The third kappa shape index (κ3) is 5.97. The number of Topliss-reactive ketones (excluding diaryl/α,β-unsaturated/α-hetero) is 1. The fourth-order valence-electron chi connectivity index (χ4n) is 3.05. The average molecular weight is 497 g/mol. The molecule has 1 N–H and O–H groups in total. The van der Waals surface area contributed by atoms with Crippen molar-refractivity contribution in [2.75, 3.05) is 36.5 Å². The molecule has 0 unspecified atom stereocenters. The van der Waals surface area contributed by atoms with Crippen molar-refractivity contribution in [2.24, 2.45) is 0 Å². The van der Waals surface area contributed by atoms with Crippen molar-refractivity contribution in [1.82, 2.24) is 4.31 Å². The predicted molar refractivity (Wildman–Crippen MR) is 125 cm³/mol. The van der Waals surface area contributed by atoms with Crippen LogP contribution in [0, 0.1) is 0 Å². The van der Waals surface area contributed by atoms with E-state index in [0.717, 1.165) is 17.8 Å². The fourth-order valence-corrected chi connectivity index (χ4v) is 6.90. The average Bonchev–Trinajstić information content (AvgIpc) is 3.29. The molecule has 1 aromatic heterocycles. The van der Waals surface area contributed by atoms with Gasteiger partial charge < -0.3 is 10.1 Å². The van der Waals surface area contributed by atoms with Crippen molar-refractivity contribution in [3.63, 3.8) is 0 Å². The molecule has 0 bridgehead atoms. The molecular weight excluding hydrogens is 472 g/mol. The number of hydrogen-bond acceptors (Lipinski definition) is 8. The van der Waals surface area contributed by atoms with Gasteiger partial charge in [-0.05, 0) is 42.1 Å². The van der Waals surface area contributed by atoms with Crippen LogP contribution in [0.5, 0.6) is 0 Å². The van der Waals surface area contributed by atoms with Crippen LogP contribution >= 0.6 is 23.1 Å². The largest absolute Gasteiger partial charge is 0.453 e. The highest BCUT2D eigenvalue weighted by molar-refractivity contribution is 7.99. The summed E-state index contributed by atoms with van der Waals surface area (Å²) in [7, 11) is -3.79. The number of ketones is 1. The molecule has 8 nitrogen and oxygen atoms in total. The molecule has 0 aliphatic carbocycles. The van der Waals surface area contributed by atoms with Gasteiger partial charge in [0, 0.05) is 42.3 Å². The first-order valence-corrected chi connectivity index (χ1v) is 13.6. The summed E-state index contributed by atoms with van der Waals surface area (Å²) in [6, 6.07) is 7.67. The van der Waals surface area contributed by atoms with Gasteiger partial charge in [0.1, 0.15) is 9.77 Å². The number of nitrogens with zero attached hydrogens (tertiary/aromatic N) is 1. The number of esters is 1. The molecule has 1 amide bonds. The maximum atomic E-state index is 12.9. The quantitative estimate of drug-likeness (QED) is 0.419. The summed E-state index contributed by atoms with van der Waals surface area (Å²) in [6.07, 6.45) is 1.14. The van der Waals surface area contributed by atoms with Crippen molar-refractivity contribution in [3.8, 4) is 0 Å². The number of thioether (sulfide) groups is 1. The summed E-state index contributed by atoms with van der Waals surface area (Å²) in [4.78, 5) is 36.4. The lowest BCUT2D eigenvalue weighted by Crippen LogP contribution is -2.38. The Morgan fingerprint density at radius 1 is 1.09 bits per heavy atom. The van der Waals surface area contributed by atoms with E-state index < -0.39 is 28.4 Å². The van der Waals surface area contributed by atoms with Crippen molar-refractivity contribution < 1.29 is 27.5 Å². The van der Waals surface area contributed by atoms with Gasteiger partial charge in [-0.15, -0.1) is 11.3 Å². The van der Waals surface area contributed by atoms with Gasteiger partial charge >= 0.3 is 5.97 Å². The molecule has 172 valence electrons. The van der Waals surface area contributed by atoms with Gasteiger partial charge in [0.25, 0.3) is 0 Å². The van der Waals surface area contributed by atoms with Crippen molar-refractivity contribution >= 4 is 56.5 Å². The highest BCUT2D eigenvalue weighted by atomic mass is 32.2. The molecule has 1 aliphatic heterocycles. The molecule has 0 atom stereocenters. The molecule has 1 fully saturated rings. The summed E-state index contributed by atoms with van der Waals surface area (Å²) in [5, 5.41) is 4.25. The summed E-state index contributed by atoms with van der Waals surface area (Å²) < 4.78 is 32.3. The molecule has 1 aliphatic rings. The molecule has 0 radical (unpaired) electrons. The second-order valence-corrected chi connectivity index (χ2v) is 11.1. The Labute approximate surface area is 195 Å². The van der Waals surface area contributed by atoms with E-state index >= 15 is 0 Å². The van der Waals surface area contributed by atoms with Crippen molar-refractivity contribution in [3.05, 3.63) is 46.2 Å². The Hall–Kier alpha value is -2.21. The predicted octanol–water partition coefficient (Wildman–Crippen LogP) is 3.26. The number of carbonyl (C=O) groups excluding carboxylic acids is 3. The molecular formula is C21H24N2O6S3. The zero-order valence-corrected chi connectivity index (χ0v) is 20.0. The number of thiophene rings is 1. The van der Waals surface area contributed by atoms with Crippen LogP contribution in [0.15, 0.2) is 40.6 Å². The molecule has 1 aromatic carbocycles. The highest BCUT2D eigenvalue weighted by Gasteiger charge is 2.31. The molecule has 11 heteroatoms. The van der Waals surface area contributed by atoms with E-state index in [2.05, 4.69) is 5.32 Å². The van der Waals surface area contributed by atoms with E-state index in [0.29, 0.717) is 42.3 Å². The minimum atomic E-state index is -3.79. The molecule has 1 saturated heterocycles. The number of sulfonamides is 1.